The minimum Gasteiger partial charge on any atom is -0.380 e. The van der Waals surface area contributed by atoms with Crippen LogP contribution in [-0.4, -0.2) is 44.3 Å². The summed E-state index contributed by atoms with van der Waals surface area (Å²) in [7, 11) is 3.94. The topological polar surface area (TPSA) is 38.5 Å². The van der Waals surface area contributed by atoms with E-state index in [1.54, 1.807) is 7.11 Å². The highest BCUT2D eigenvalue weighted by Gasteiger charge is 2.21. The quantitative estimate of drug-likeness (QED) is 0.668. The summed E-state index contributed by atoms with van der Waals surface area (Å²) in [6.07, 6.45) is 5.44. The maximum Gasteiger partial charge on any atom is 0.0705 e. The molecular formula is C10H22N2O. The highest BCUT2D eigenvalue weighted by atomic mass is 16.5. The van der Waals surface area contributed by atoms with Crippen LogP contribution in [-0.2, 0) is 4.74 Å². The third-order valence-electron chi connectivity index (χ3n) is 3.10. The molecule has 0 amide bonds. The Hall–Kier alpha value is -0.120. The van der Waals surface area contributed by atoms with Crippen LogP contribution in [0.15, 0.2) is 0 Å². The second kappa shape index (κ2) is 5.58. The maximum absolute atomic E-state index is 5.55. The molecule has 0 bridgehead atoms. The van der Waals surface area contributed by atoms with E-state index in [-0.39, 0.29) is 6.10 Å². The molecule has 0 heterocycles. The first-order chi connectivity index (χ1) is 6.27. The summed E-state index contributed by atoms with van der Waals surface area (Å²) < 4.78 is 5.23. The Morgan fingerprint density at radius 3 is 2.62 bits per heavy atom. The molecule has 1 aliphatic carbocycles. The molecule has 0 radical (unpaired) electrons. The van der Waals surface area contributed by atoms with Gasteiger partial charge in [-0.2, -0.15) is 0 Å². The number of methoxy groups -OCH3 is 1. The zero-order valence-corrected chi connectivity index (χ0v) is 8.83. The zero-order valence-electron chi connectivity index (χ0n) is 8.83. The van der Waals surface area contributed by atoms with Crippen LogP contribution in [0.3, 0.4) is 0 Å². The van der Waals surface area contributed by atoms with Gasteiger partial charge in [0.2, 0.25) is 0 Å². The number of rotatable bonds is 6. The van der Waals surface area contributed by atoms with Gasteiger partial charge in [0.05, 0.1) is 6.10 Å². The van der Waals surface area contributed by atoms with Crippen molar-refractivity contribution in [2.24, 2.45) is 5.73 Å². The second-order valence-corrected chi connectivity index (χ2v) is 3.95. The van der Waals surface area contributed by atoms with Gasteiger partial charge in [0.25, 0.3) is 0 Å². The normalized spacial score (nSPS) is 20.3. The lowest BCUT2D eigenvalue weighted by molar-refractivity contribution is 0.0777. The van der Waals surface area contributed by atoms with Gasteiger partial charge in [0.1, 0.15) is 0 Å². The summed E-state index contributed by atoms with van der Waals surface area (Å²) in [5.74, 6) is 0. The fraction of sp³-hybridized carbons (Fsp3) is 1.00. The van der Waals surface area contributed by atoms with Crippen molar-refractivity contribution in [2.75, 3.05) is 27.2 Å². The van der Waals surface area contributed by atoms with Crippen LogP contribution in [0, 0.1) is 0 Å². The van der Waals surface area contributed by atoms with Crippen molar-refractivity contribution in [3.63, 3.8) is 0 Å². The van der Waals surface area contributed by atoms with Crippen molar-refractivity contribution in [1.29, 1.82) is 0 Å². The monoisotopic (exact) mass is 186 g/mol. The number of nitrogens with zero attached hydrogens (tertiary/aromatic N) is 1. The predicted octanol–water partition coefficient (Wildman–Crippen LogP) is 0.834. The molecule has 1 fully saturated rings. The minimum atomic E-state index is 0.238. The Morgan fingerprint density at radius 2 is 2.23 bits per heavy atom. The summed E-state index contributed by atoms with van der Waals surface area (Å²) in [6.45, 7) is 1.75. The first-order valence-electron chi connectivity index (χ1n) is 5.21. The van der Waals surface area contributed by atoms with Crippen LogP contribution < -0.4 is 5.73 Å². The maximum atomic E-state index is 5.55. The molecule has 3 heteroatoms. The van der Waals surface area contributed by atoms with E-state index in [4.69, 9.17) is 10.5 Å². The van der Waals surface area contributed by atoms with Crippen molar-refractivity contribution in [2.45, 2.75) is 37.8 Å². The molecule has 1 saturated carbocycles. The molecule has 13 heavy (non-hydrogen) atoms. The molecule has 0 saturated heterocycles. The number of hydrogen-bond donors (Lipinski definition) is 1. The summed E-state index contributed by atoms with van der Waals surface area (Å²) in [4.78, 5) is 2.44. The highest BCUT2D eigenvalue weighted by molar-refractivity contribution is 4.78. The molecule has 0 aromatic rings. The molecule has 1 unspecified atom stereocenters. The molecular weight excluding hydrogens is 164 g/mol. The predicted molar refractivity (Wildman–Crippen MR) is 54.7 cm³/mol. The lowest BCUT2D eigenvalue weighted by Crippen LogP contribution is -2.39. The first-order valence-corrected chi connectivity index (χ1v) is 5.21. The summed E-state index contributed by atoms with van der Waals surface area (Å²) in [5.41, 5.74) is 5.55. The number of ether oxygens (including phenoxy) is 1. The smallest absolute Gasteiger partial charge is 0.0705 e. The van der Waals surface area contributed by atoms with Crippen molar-refractivity contribution in [3.8, 4) is 0 Å². The van der Waals surface area contributed by atoms with Gasteiger partial charge >= 0.3 is 0 Å². The van der Waals surface area contributed by atoms with Crippen molar-refractivity contribution in [3.05, 3.63) is 0 Å². The zero-order chi connectivity index (χ0) is 9.68. The minimum absolute atomic E-state index is 0.238. The Labute approximate surface area is 81.2 Å². The Bertz CT molecular complexity index is 133. The lowest BCUT2D eigenvalue weighted by atomic mass is 9.92. The Morgan fingerprint density at radius 1 is 1.54 bits per heavy atom. The Kier molecular flexibility index (Phi) is 4.70. The van der Waals surface area contributed by atoms with Crippen molar-refractivity contribution in [1.82, 2.24) is 4.90 Å². The lowest BCUT2D eigenvalue weighted by Gasteiger charge is -2.35. The average molecular weight is 186 g/mol. The van der Waals surface area contributed by atoms with Crippen molar-refractivity contribution < 1.29 is 4.74 Å². The van der Waals surface area contributed by atoms with E-state index in [9.17, 15) is 0 Å². The standard InChI is InChI=1S/C10H22N2O/c1-12(9-4-3-5-9)7-6-10(8-11)13-2/h9-10H,3-8,11H2,1-2H3. The van der Waals surface area contributed by atoms with Gasteiger partial charge in [-0.1, -0.05) is 6.42 Å². The summed E-state index contributed by atoms with van der Waals surface area (Å²) in [5, 5.41) is 0. The molecule has 0 aliphatic heterocycles. The van der Waals surface area contributed by atoms with Crippen LogP contribution in [0.5, 0.6) is 0 Å². The van der Waals surface area contributed by atoms with E-state index >= 15 is 0 Å². The fourth-order valence-electron chi connectivity index (χ4n) is 1.69. The van der Waals surface area contributed by atoms with Gasteiger partial charge in [-0.3, -0.25) is 0 Å². The molecule has 1 aliphatic rings. The average Bonchev–Trinajstić information content (AvgIpc) is 2.03. The van der Waals surface area contributed by atoms with Gasteiger partial charge in [-0.25, -0.2) is 0 Å². The van der Waals surface area contributed by atoms with Gasteiger partial charge < -0.3 is 15.4 Å². The van der Waals surface area contributed by atoms with Crippen LogP contribution >= 0.6 is 0 Å². The van der Waals surface area contributed by atoms with Crippen LogP contribution in [0.25, 0.3) is 0 Å². The van der Waals surface area contributed by atoms with E-state index in [2.05, 4.69) is 11.9 Å². The highest BCUT2D eigenvalue weighted by Crippen LogP contribution is 2.23. The van der Waals surface area contributed by atoms with Gasteiger partial charge in [0, 0.05) is 26.2 Å². The third-order valence-corrected chi connectivity index (χ3v) is 3.10. The van der Waals surface area contributed by atoms with E-state index in [0.29, 0.717) is 6.54 Å². The second-order valence-electron chi connectivity index (χ2n) is 3.95. The molecule has 78 valence electrons. The van der Waals surface area contributed by atoms with Gasteiger partial charge in [-0.15, -0.1) is 0 Å². The van der Waals surface area contributed by atoms with Crippen LogP contribution in [0.2, 0.25) is 0 Å². The van der Waals surface area contributed by atoms with Crippen LogP contribution in [0.1, 0.15) is 25.7 Å². The number of nitrogens with two attached hydrogens (primary N) is 1. The van der Waals surface area contributed by atoms with Crippen LogP contribution in [0.4, 0.5) is 0 Å². The molecule has 0 aromatic carbocycles. The molecule has 0 aromatic heterocycles. The number of hydrogen-bond acceptors (Lipinski definition) is 3. The van der Waals surface area contributed by atoms with Gasteiger partial charge in [0.15, 0.2) is 0 Å². The molecule has 1 rings (SSSR count). The van der Waals surface area contributed by atoms with E-state index < -0.39 is 0 Å². The largest absolute Gasteiger partial charge is 0.380 e. The van der Waals surface area contributed by atoms with E-state index in [1.807, 2.05) is 0 Å². The molecule has 3 nitrogen and oxygen atoms in total. The van der Waals surface area contributed by atoms with Gasteiger partial charge in [-0.05, 0) is 26.3 Å². The summed E-state index contributed by atoms with van der Waals surface area (Å²) in [6, 6.07) is 0.829. The fourth-order valence-corrected chi connectivity index (χ4v) is 1.69. The third kappa shape index (κ3) is 3.25. The molecule has 0 spiro atoms. The first kappa shape index (κ1) is 11.0. The molecule has 2 N–H and O–H groups in total. The summed E-state index contributed by atoms with van der Waals surface area (Å²) >= 11 is 0. The van der Waals surface area contributed by atoms with Crippen molar-refractivity contribution >= 4 is 0 Å². The van der Waals surface area contributed by atoms with E-state index in [0.717, 1.165) is 19.0 Å². The van der Waals surface area contributed by atoms with E-state index in [1.165, 1.54) is 19.3 Å². The Balaban J connectivity index is 2.09. The molecule has 1 atom stereocenters. The SMILES string of the molecule is COC(CN)CCN(C)C1CCC1.